The monoisotopic (exact) mass is 357 g/mol. The number of ketones is 1. The SMILES string of the molecule is CCC(C1SC2=CC(=O)CC=C2N1OC(F)(F)F)S(C)(=O)=O. The van der Waals surface area contributed by atoms with E-state index in [1.807, 2.05) is 0 Å². The van der Waals surface area contributed by atoms with Crippen LogP contribution in [0.1, 0.15) is 19.8 Å². The molecule has 22 heavy (non-hydrogen) atoms. The Labute approximate surface area is 130 Å². The van der Waals surface area contributed by atoms with Gasteiger partial charge in [-0.15, -0.1) is 13.2 Å². The second kappa shape index (κ2) is 5.89. The third-order valence-electron chi connectivity index (χ3n) is 3.23. The van der Waals surface area contributed by atoms with E-state index in [4.69, 9.17) is 0 Å². The maximum atomic E-state index is 12.6. The van der Waals surface area contributed by atoms with Crippen molar-refractivity contribution in [3.63, 3.8) is 0 Å². The van der Waals surface area contributed by atoms with Crippen molar-refractivity contribution in [2.24, 2.45) is 0 Å². The van der Waals surface area contributed by atoms with E-state index in [9.17, 15) is 26.4 Å². The topological polar surface area (TPSA) is 63.7 Å². The van der Waals surface area contributed by atoms with Crippen LogP contribution in [-0.4, -0.2) is 42.5 Å². The van der Waals surface area contributed by atoms with E-state index in [2.05, 4.69) is 4.84 Å². The number of carbonyl (C=O) groups is 1. The van der Waals surface area contributed by atoms with Crippen LogP contribution in [0, 0.1) is 0 Å². The standard InChI is InChI=1S/C12H14F3NO4S2/c1-3-10(22(2,18)19)11-16(20-12(13,14)15)8-5-4-7(17)6-9(8)21-11/h5-6,10-11H,3-4H2,1-2H3. The molecule has 10 heteroatoms. The molecule has 0 aromatic heterocycles. The number of sulfone groups is 1. The Morgan fingerprint density at radius 1 is 1.50 bits per heavy atom. The number of thioether (sulfide) groups is 1. The van der Waals surface area contributed by atoms with E-state index in [0.717, 1.165) is 18.0 Å². The molecule has 0 bridgehead atoms. The molecule has 0 N–H and O–H groups in total. The molecule has 2 aliphatic rings. The molecule has 1 fully saturated rings. The number of rotatable bonds is 4. The molecule has 2 atom stereocenters. The molecule has 0 aromatic rings. The maximum Gasteiger partial charge on any atom is 0.544 e. The number of halogens is 3. The Bertz CT molecular complexity index is 639. The Balaban J connectivity index is 2.43. The summed E-state index contributed by atoms with van der Waals surface area (Å²) in [4.78, 5) is 15.7. The number of hydrogen-bond donors (Lipinski definition) is 0. The van der Waals surface area contributed by atoms with Crippen LogP contribution in [0.25, 0.3) is 0 Å². The van der Waals surface area contributed by atoms with Crippen molar-refractivity contribution in [1.82, 2.24) is 5.06 Å². The molecular weight excluding hydrogens is 343 g/mol. The van der Waals surface area contributed by atoms with Crippen LogP contribution in [0.4, 0.5) is 13.2 Å². The lowest BCUT2D eigenvalue weighted by Crippen LogP contribution is -2.43. The summed E-state index contributed by atoms with van der Waals surface area (Å²) in [5.74, 6) is -0.244. The fourth-order valence-corrected chi connectivity index (χ4v) is 5.60. The fourth-order valence-electron chi connectivity index (χ4n) is 2.34. The van der Waals surface area contributed by atoms with Gasteiger partial charge in [-0.2, -0.15) is 4.84 Å². The van der Waals surface area contributed by atoms with Gasteiger partial charge in [-0.1, -0.05) is 18.7 Å². The van der Waals surface area contributed by atoms with Crippen LogP contribution >= 0.6 is 11.8 Å². The van der Waals surface area contributed by atoms with Crippen molar-refractivity contribution in [3.8, 4) is 0 Å². The zero-order chi connectivity index (χ0) is 16.7. The second-order valence-corrected chi connectivity index (χ2v) is 8.34. The smallest absolute Gasteiger partial charge is 0.294 e. The number of allylic oxidation sites excluding steroid dienone is 2. The highest BCUT2D eigenvalue weighted by Gasteiger charge is 2.48. The molecule has 5 nitrogen and oxygen atoms in total. The Morgan fingerprint density at radius 2 is 2.14 bits per heavy atom. The quantitative estimate of drug-likeness (QED) is 0.770. The van der Waals surface area contributed by atoms with Crippen LogP contribution in [0.3, 0.4) is 0 Å². The lowest BCUT2D eigenvalue weighted by molar-refractivity contribution is -0.406. The van der Waals surface area contributed by atoms with E-state index in [1.165, 1.54) is 12.2 Å². The Morgan fingerprint density at radius 3 is 2.64 bits per heavy atom. The van der Waals surface area contributed by atoms with Gasteiger partial charge in [0.15, 0.2) is 15.6 Å². The highest BCUT2D eigenvalue weighted by molar-refractivity contribution is 8.05. The molecule has 0 spiro atoms. The molecule has 1 aliphatic carbocycles. The van der Waals surface area contributed by atoms with Crippen molar-refractivity contribution < 1.29 is 31.2 Å². The molecule has 0 radical (unpaired) electrons. The van der Waals surface area contributed by atoms with Gasteiger partial charge < -0.3 is 0 Å². The van der Waals surface area contributed by atoms with Crippen molar-refractivity contribution in [3.05, 3.63) is 22.8 Å². The summed E-state index contributed by atoms with van der Waals surface area (Å²) in [6, 6.07) is 0. The summed E-state index contributed by atoms with van der Waals surface area (Å²) in [6.07, 6.45) is -1.34. The van der Waals surface area contributed by atoms with Gasteiger partial charge in [-0.3, -0.25) is 4.79 Å². The third kappa shape index (κ3) is 3.66. The minimum atomic E-state index is -4.95. The normalized spacial score (nSPS) is 24.0. The van der Waals surface area contributed by atoms with Crippen LogP contribution in [-0.2, 0) is 19.5 Å². The van der Waals surface area contributed by atoms with E-state index >= 15 is 0 Å². The highest BCUT2D eigenvalue weighted by atomic mass is 32.2. The van der Waals surface area contributed by atoms with Gasteiger partial charge in [0.1, 0.15) is 5.37 Å². The minimum absolute atomic E-state index is 0.0422. The first-order valence-electron chi connectivity index (χ1n) is 6.38. The molecule has 2 rings (SSSR count). The number of hydroxylamine groups is 2. The van der Waals surface area contributed by atoms with Crippen molar-refractivity contribution in [1.29, 1.82) is 0 Å². The molecule has 2 unspecified atom stereocenters. The summed E-state index contributed by atoms with van der Waals surface area (Å²) in [5.41, 5.74) is 0.0917. The first-order chi connectivity index (χ1) is 10.0. The number of fused-ring (bicyclic) bond motifs is 1. The van der Waals surface area contributed by atoms with Crippen molar-refractivity contribution in [2.45, 2.75) is 36.8 Å². The summed E-state index contributed by atoms with van der Waals surface area (Å²) >= 11 is 0.900. The van der Waals surface area contributed by atoms with Crippen molar-refractivity contribution in [2.75, 3.05) is 6.26 Å². The molecule has 1 aliphatic heterocycles. The molecule has 1 heterocycles. The van der Waals surface area contributed by atoms with E-state index < -0.39 is 26.8 Å². The van der Waals surface area contributed by atoms with Gasteiger partial charge in [0, 0.05) is 17.6 Å². The van der Waals surface area contributed by atoms with Crippen LogP contribution in [0.5, 0.6) is 0 Å². The number of alkyl halides is 3. The average molecular weight is 357 g/mol. The Kier molecular flexibility index (Phi) is 4.65. The lowest BCUT2D eigenvalue weighted by Gasteiger charge is -2.30. The third-order valence-corrected chi connectivity index (χ3v) is 6.44. The minimum Gasteiger partial charge on any atom is -0.294 e. The van der Waals surface area contributed by atoms with Gasteiger partial charge in [0.05, 0.1) is 10.9 Å². The maximum absolute atomic E-state index is 12.6. The summed E-state index contributed by atoms with van der Waals surface area (Å²) in [7, 11) is -3.59. The average Bonchev–Trinajstić information content (AvgIpc) is 2.64. The molecule has 124 valence electrons. The van der Waals surface area contributed by atoms with Crippen LogP contribution in [0.15, 0.2) is 22.8 Å². The van der Waals surface area contributed by atoms with Crippen LogP contribution in [0.2, 0.25) is 0 Å². The van der Waals surface area contributed by atoms with Crippen molar-refractivity contribution >= 4 is 27.4 Å². The molecule has 0 amide bonds. The molecule has 0 saturated carbocycles. The highest BCUT2D eigenvalue weighted by Crippen LogP contribution is 2.48. The van der Waals surface area contributed by atoms with Gasteiger partial charge in [-0.25, -0.2) is 13.5 Å². The van der Waals surface area contributed by atoms with Gasteiger partial charge in [0.2, 0.25) is 0 Å². The van der Waals surface area contributed by atoms with Crippen LogP contribution < -0.4 is 0 Å². The Hall–Kier alpha value is -1.00. The number of carbonyl (C=O) groups excluding carboxylic acids is 1. The lowest BCUT2D eigenvalue weighted by atomic mass is 10.1. The number of hydrogen-bond acceptors (Lipinski definition) is 6. The second-order valence-electron chi connectivity index (χ2n) is 4.92. The number of nitrogens with zero attached hydrogens (tertiary/aromatic N) is 1. The summed E-state index contributed by atoms with van der Waals surface area (Å²) < 4.78 is 61.6. The predicted octanol–water partition coefficient (Wildman–Crippen LogP) is 2.38. The first-order valence-corrected chi connectivity index (χ1v) is 9.22. The zero-order valence-corrected chi connectivity index (χ0v) is 13.4. The largest absolute Gasteiger partial charge is 0.544 e. The molecule has 0 aromatic carbocycles. The molecular formula is C12H14F3NO4S2. The molecule has 1 saturated heterocycles. The van der Waals surface area contributed by atoms with Gasteiger partial charge in [-0.05, 0) is 18.6 Å². The van der Waals surface area contributed by atoms with Gasteiger partial charge in [0.25, 0.3) is 0 Å². The van der Waals surface area contributed by atoms with E-state index in [0.29, 0.717) is 9.97 Å². The van der Waals surface area contributed by atoms with E-state index in [1.54, 1.807) is 6.92 Å². The van der Waals surface area contributed by atoms with E-state index in [-0.39, 0.29) is 24.3 Å². The zero-order valence-electron chi connectivity index (χ0n) is 11.8. The van der Waals surface area contributed by atoms with Gasteiger partial charge >= 0.3 is 6.36 Å². The predicted molar refractivity (Wildman–Crippen MR) is 75.1 cm³/mol. The summed E-state index contributed by atoms with van der Waals surface area (Å²) in [5, 5.41) is -1.58. The summed E-state index contributed by atoms with van der Waals surface area (Å²) in [6.45, 7) is 1.58. The first kappa shape index (κ1) is 17.4. The fraction of sp³-hybridized carbons (Fsp3) is 0.583.